The van der Waals surface area contributed by atoms with Gasteiger partial charge in [0, 0.05) is 6.54 Å². The zero-order chi connectivity index (χ0) is 12.1. The van der Waals surface area contributed by atoms with E-state index in [1.54, 1.807) is 0 Å². The maximum atomic E-state index is 11.4. The lowest BCUT2D eigenvalue weighted by Gasteiger charge is -2.08. The van der Waals surface area contributed by atoms with Gasteiger partial charge in [0.15, 0.2) is 0 Å². The quantitative estimate of drug-likeness (QED) is 0.521. The van der Waals surface area contributed by atoms with Gasteiger partial charge in [0.1, 0.15) is 23.7 Å². The average molecular weight is 223 g/mol. The molecule has 0 spiro atoms. The summed E-state index contributed by atoms with van der Waals surface area (Å²) in [4.78, 5) is 11.4. The smallest absolute Gasteiger partial charge is 0.346 e. The Balaban J connectivity index is 3.04. The number of ether oxygens (including phenoxy) is 1. The highest BCUT2D eigenvalue weighted by Gasteiger charge is 2.18. The number of phenolic OH excluding ortho intramolecular Hbond substituents is 2. The molecule has 5 heteroatoms. The standard InChI is InChI=1S/C11H13NO4/c1-2-3-16-11(15)10-8(13)4-7(6-12)5-9(10)14/h2,4-5,13-14H,1,3,6,12H2. The molecule has 0 aromatic heterocycles. The SMILES string of the molecule is C=CCOC(=O)c1c(O)cc(CN)cc1O. The highest BCUT2D eigenvalue weighted by molar-refractivity contribution is 5.95. The molecule has 0 aliphatic heterocycles. The first-order chi connectivity index (χ1) is 7.60. The van der Waals surface area contributed by atoms with Gasteiger partial charge in [0.25, 0.3) is 0 Å². The Labute approximate surface area is 92.8 Å². The maximum Gasteiger partial charge on any atom is 0.346 e. The van der Waals surface area contributed by atoms with Crippen molar-refractivity contribution in [1.82, 2.24) is 0 Å². The summed E-state index contributed by atoms with van der Waals surface area (Å²) < 4.78 is 4.70. The lowest BCUT2D eigenvalue weighted by molar-refractivity contribution is 0.0543. The highest BCUT2D eigenvalue weighted by atomic mass is 16.5. The average Bonchev–Trinajstić information content (AvgIpc) is 2.25. The van der Waals surface area contributed by atoms with Gasteiger partial charge in [-0.25, -0.2) is 4.79 Å². The highest BCUT2D eigenvalue weighted by Crippen LogP contribution is 2.29. The molecule has 0 saturated carbocycles. The summed E-state index contributed by atoms with van der Waals surface area (Å²) in [6.45, 7) is 3.55. The van der Waals surface area contributed by atoms with E-state index >= 15 is 0 Å². The zero-order valence-electron chi connectivity index (χ0n) is 8.64. The number of benzene rings is 1. The van der Waals surface area contributed by atoms with Crippen LogP contribution in [0.4, 0.5) is 0 Å². The number of esters is 1. The van der Waals surface area contributed by atoms with Crippen molar-refractivity contribution in [2.24, 2.45) is 5.73 Å². The second-order valence-corrected chi connectivity index (χ2v) is 3.10. The molecule has 0 atom stereocenters. The van der Waals surface area contributed by atoms with Crippen LogP contribution in [0, 0.1) is 0 Å². The van der Waals surface area contributed by atoms with Crippen LogP contribution in [0.25, 0.3) is 0 Å². The Bertz CT molecular complexity index is 391. The Hall–Kier alpha value is -2.01. The fourth-order valence-corrected chi connectivity index (χ4v) is 1.20. The van der Waals surface area contributed by atoms with Gasteiger partial charge in [-0.1, -0.05) is 12.7 Å². The summed E-state index contributed by atoms with van der Waals surface area (Å²) in [5, 5.41) is 19.1. The molecule has 0 radical (unpaired) electrons. The minimum absolute atomic E-state index is 0.0103. The van der Waals surface area contributed by atoms with Crippen molar-refractivity contribution in [3.63, 3.8) is 0 Å². The molecule has 0 aliphatic rings. The number of nitrogens with two attached hydrogens (primary N) is 1. The Morgan fingerprint density at radius 1 is 1.44 bits per heavy atom. The minimum atomic E-state index is -0.807. The fourth-order valence-electron chi connectivity index (χ4n) is 1.20. The molecule has 0 fully saturated rings. The lowest BCUT2D eigenvalue weighted by Crippen LogP contribution is -2.07. The van der Waals surface area contributed by atoms with Crippen LogP contribution in [0.5, 0.6) is 11.5 Å². The normalized spacial score (nSPS) is 9.81. The van der Waals surface area contributed by atoms with Gasteiger partial charge in [-0.05, 0) is 17.7 Å². The molecule has 1 aromatic rings. The first-order valence-corrected chi connectivity index (χ1v) is 4.63. The van der Waals surface area contributed by atoms with Crippen molar-refractivity contribution < 1.29 is 19.7 Å². The van der Waals surface area contributed by atoms with Crippen LogP contribution in [-0.2, 0) is 11.3 Å². The Kier molecular flexibility index (Phi) is 3.90. The topological polar surface area (TPSA) is 92.8 Å². The van der Waals surface area contributed by atoms with Crippen LogP contribution in [-0.4, -0.2) is 22.8 Å². The summed E-state index contributed by atoms with van der Waals surface area (Å²) in [6.07, 6.45) is 1.39. The number of phenols is 2. The largest absolute Gasteiger partial charge is 0.507 e. The molecule has 86 valence electrons. The molecule has 4 N–H and O–H groups in total. The number of carbonyl (C=O) groups is 1. The van der Waals surface area contributed by atoms with E-state index in [1.807, 2.05) is 0 Å². The van der Waals surface area contributed by atoms with Crippen LogP contribution in [0.15, 0.2) is 24.8 Å². The second kappa shape index (κ2) is 5.18. The summed E-state index contributed by atoms with van der Waals surface area (Å²) in [5.74, 6) is -1.51. The van der Waals surface area contributed by atoms with Gasteiger partial charge in [-0.2, -0.15) is 0 Å². The third-order valence-corrected chi connectivity index (χ3v) is 1.93. The lowest BCUT2D eigenvalue weighted by atomic mass is 10.1. The monoisotopic (exact) mass is 223 g/mol. The van der Waals surface area contributed by atoms with Crippen LogP contribution in [0.2, 0.25) is 0 Å². The van der Waals surface area contributed by atoms with Gasteiger partial charge in [-0.15, -0.1) is 0 Å². The van der Waals surface area contributed by atoms with Crippen molar-refractivity contribution >= 4 is 5.97 Å². The number of carbonyl (C=O) groups excluding carboxylic acids is 1. The zero-order valence-corrected chi connectivity index (χ0v) is 8.64. The van der Waals surface area contributed by atoms with Gasteiger partial charge in [-0.3, -0.25) is 0 Å². The number of hydrogen-bond acceptors (Lipinski definition) is 5. The van der Waals surface area contributed by atoms with E-state index in [9.17, 15) is 15.0 Å². The van der Waals surface area contributed by atoms with Crippen LogP contribution in [0.1, 0.15) is 15.9 Å². The van der Waals surface area contributed by atoms with Crippen LogP contribution in [0.3, 0.4) is 0 Å². The molecule has 0 bridgehead atoms. The van der Waals surface area contributed by atoms with Crippen LogP contribution < -0.4 is 5.73 Å². The van der Waals surface area contributed by atoms with Crippen molar-refractivity contribution in [1.29, 1.82) is 0 Å². The van der Waals surface area contributed by atoms with E-state index in [1.165, 1.54) is 18.2 Å². The molecular weight excluding hydrogens is 210 g/mol. The van der Waals surface area contributed by atoms with E-state index < -0.39 is 5.97 Å². The molecule has 1 aromatic carbocycles. The molecule has 0 heterocycles. The number of aromatic hydroxyl groups is 2. The molecular formula is C11H13NO4. The second-order valence-electron chi connectivity index (χ2n) is 3.10. The molecule has 0 amide bonds. The van der Waals surface area contributed by atoms with Gasteiger partial charge >= 0.3 is 5.97 Å². The predicted molar refractivity (Wildman–Crippen MR) is 58.1 cm³/mol. The molecule has 0 aliphatic carbocycles. The Morgan fingerprint density at radius 2 is 2.00 bits per heavy atom. The van der Waals surface area contributed by atoms with Gasteiger partial charge in [0.2, 0.25) is 0 Å². The molecule has 0 unspecified atom stereocenters. The summed E-state index contributed by atoms with van der Waals surface area (Å²) in [7, 11) is 0. The van der Waals surface area contributed by atoms with E-state index in [0.29, 0.717) is 5.56 Å². The Morgan fingerprint density at radius 3 is 2.44 bits per heavy atom. The number of rotatable bonds is 4. The van der Waals surface area contributed by atoms with Crippen molar-refractivity contribution in [2.75, 3.05) is 6.61 Å². The third kappa shape index (κ3) is 2.52. The van der Waals surface area contributed by atoms with E-state index in [2.05, 4.69) is 6.58 Å². The molecule has 1 rings (SSSR count). The van der Waals surface area contributed by atoms with E-state index in [4.69, 9.17) is 10.5 Å². The predicted octanol–water partition coefficient (Wildman–Crippen LogP) is 0.899. The summed E-state index contributed by atoms with van der Waals surface area (Å²) in [6, 6.07) is 2.62. The van der Waals surface area contributed by atoms with Crippen molar-refractivity contribution in [2.45, 2.75) is 6.54 Å². The molecule has 0 saturated heterocycles. The van der Waals surface area contributed by atoms with Crippen molar-refractivity contribution in [3.8, 4) is 11.5 Å². The minimum Gasteiger partial charge on any atom is -0.507 e. The first-order valence-electron chi connectivity index (χ1n) is 4.63. The molecule has 5 nitrogen and oxygen atoms in total. The summed E-state index contributed by atoms with van der Waals surface area (Å²) in [5.41, 5.74) is 5.60. The van der Waals surface area contributed by atoms with Gasteiger partial charge < -0.3 is 20.7 Å². The van der Waals surface area contributed by atoms with Crippen molar-refractivity contribution in [3.05, 3.63) is 35.9 Å². The van der Waals surface area contributed by atoms with Crippen LogP contribution >= 0.6 is 0 Å². The van der Waals surface area contributed by atoms with Gasteiger partial charge in [0.05, 0.1) is 0 Å². The fraction of sp³-hybridized carbons (Fsp3) is 0.182. The maximum absolute atomic E-state index is 11.4. The molecule has 16 heavy (non-hydrogen) atoms. The van der Waals surface area contributed by atoms with E-state index in [-0.39, 0.29) is 30.2 Å². The third-order valence-electron chi connectivity index (χ3n) is 1.93. The van der Waals surface area contributed by atoms with E-state index in [0.717, 1.165) is 0 Å². The first kappa shape index (κ1) is 12.1. The summed E-state index contributed by atoms with van der Waals surface area (Å²) >= 11 is 0. The number of hydrogen-bond donors (Lipinski definition) is 3.